The van der Waals surface area contributed by atoms with Crippen molar-refractivity contribution < 1.29 is 4.74 Å². The van der Waals surface area contributed by atoms with E-state index in [-0.39, 0.29) is 0 Å². The van der Waals surface area contributed by atoms with E-state index in [4.69, 9.17) is 17.0 Å². The Kier molecular flexibility index (Phi) is 4.91. The zero-order valence-corrected chi connectivity index (χ0v) is 10.4. The predicted octanol–water partition coefficient (Wildman–Crippen LogP) is 2.59. The minimum Gasteiger partial charge on any atom is -0.385 e. The molecule has 0 unspecified atom stereocenters. The van der Waals surface area contributed by atoms with Crippen molar-refractivity contribution in [2.45, 2.75) is 33.1 Å². The van der Waals surface area contributed by atoms with Gasteiger partial charge in [-0.2, -0.15) is 0 Å². The minimum atomic E-state index is 0.720. The largest absolute Gasteiger partial charge is 0.385 e. The summed E-state index contributed by atoms with van der Waals surface area (Å²) in [7, 11) is 1.71. The van der Waals surface area contributed by atoms with Crippen LogP contribution in [0, 0.1) is 11.6 Å². The lowest BCUT2D eigenvalue weighted by Crippen LogP contribution is -2.04. The van der Waals surface area contributed by atoms with Gasteiger partial charge >= 0.3 is 0 Å². The van der Waals surface area contributed by atoms with Crippen LogP contribution in [0.2, 0.25) is 0 Å². The van der Waals surface area contributed by atoms with Crippen molar-refractivity contribution in [1.82, 2.24) is 9.97 Å². The SMILES string of the molecule is CCc1[nH]c(CCCOC)nc(=S)c1C. The van der Waals surface area contributed by atoms with E-state index in [1.807, 2.05) is 6.92 Å². The Balaban J connectivity index is 2.82. The summed E-state index contributed by atoms with van der Waals surface area (Å²) in [4.78, 5) is 7.69. The van der Waals surface area contributed by atoms with E-state index in [9.17, 15) is 0 Å². The van der Waals surface area contributed by atoms with Gasteiger partial charge in [-0.05, 0) is 19.8 Å². The molecule has 0 aliphatic heterocycles. The highest BCUT2D eigenvalue weighted by atomic mass is 32.1. The molecule has 15 heavy (non-hydrogen) atoms. The molecule has 0 saturated carbocycles. The quantitative estimate of drug-likeness (QED) is 0.619. The van der Waals surface area contributed by atoms with Crippen LogP contribution in [-0.2, 0) is 17.6 Å². The lowest BCUT2D eigenvalue weighted by molar-refractivity contribution is 0.194. The summed E-state index contributed by atoms with van der Waals surface area (Å²) in [6, 6.07) is 0. The summed E-state index contributed by atoms with van der Waals surface area (Å²) in [5.41, 5.74) is 2.30. The maximum absolute atomic E-state index is 5.21. The Bertz CT molecular complexity index is 373. The molecule has 1 rings (SSSR count). The topological polar surface area (TPSA) is 37.9 Å². The standard InChI is InChI=1S/C11H18N2OS/c1-4-9-8(2)11(15)13-10(12-9)6-5-7-14-3/h4-7H2,1-3H3,(H,12,13,15). The fourth-order valence-electron chi connectivity index (χ4n) is 1.49. The molecule has 0 aromatic carbocycles. The number of aryl methyl sites for hydroxylation is 2. The number of methoxy groups -OCH3 is 1. The summed E-state index contributed by atoms with van der Waals surface area (Å²) in [6.07, 6.45) is 2.83. The number of nitrogens with one attached hydrogen (secondary N) is 1. The second-order valence-corrected chi connectivity index (χ2v) is 3.93. The van der Waals surface area contributed by atoms with Gasteiger partial charge in [0.05, 0.1) is 0 Å². The Morgan fingerprint density at radius 3 is 2.80 bits per heavy atom. The van der Waals surface area contributed by atoms with E-state index >= 15 is 0 Å². The molecule has 4 heteroatoms. The molecular weight excluding hydrogens is 208 g/mol. The lowest BCUT2D eigenvalue weighted by atomic mass is 10.2. The average Bonchev–Trinajstić information content (AvgIpc) is 2.23. The molecule has 0 fully saturated rings. The van der Waals surface area contributed by atoms with Crippen LogP contribution in [0.15, 0.2) is 0 Å². The Labute approximate surface area is 95.9 Å². The number of nitrogens with zero attached hydrogens (tertiary/aromatic N) is 1. The van der Waals surface area contributed by atoms with E-state index in [1.54, 1.807) is 7.11 Å². The van der Waals surface area contributed by atoms with Crippen LogP contribution in [0.4, 0.5) is 0 Å². The number of H-pyrrole nitrogens is 1. The van der Waals surface area contributed by atoms with Crippen LogP contribution in [0.25, 0.3) is 0 Å². The molecule has 1 aromatic heterocycles. The number of hydrogen-bond acceptors (Lipinski definition) is 3. The fourth-order valence-corrected chi connectivity index (χ4v) is 1.72. The van der Waals surface area contributed by atoms with E-state index in [0.29, 0.717) is 0 Å². The van der Waals surface area contributed by atoms with Crippen LogP contribution in [0.1, 0.15) is 30.4 Å². The van der Waals surface area contributed by atoms with Crippen molar-refractivity contribution in [3.05, 3.63) is 21.7 Å². The molecule has 3 nitrogen and oxygen atoms in total. The van der Waals surface area contributed by atoms with Crippen molar-refractivity contribution in [1.29, 1.82) is 0 Å². The third kappa shape index (κ3) is 3.39. The molecule has 0 atom stereocenters. The monoisotopic (exact) mass is 226 g/mol. The Hall–Kier alpha value is -0.740. The number of aromatic nitrogens is 2. The molecule has 84 valence electrons. The molecule has 1 aromatic rings. The van der Waals surface area contributed by atoms with Crippen LogP contribution in [0.3, 0.4) is 0 Å². The molecule has 1 heterocycles. The Morgan fingerprint density at radius 1 is 1.47 bits per heavy atom. The van der Waals surface area contributed by atoms with E-state index in [2.05, 4.69) is 16.9 Å². The van der Waals surface area contributed by atoms with Crippen molar-refractivity contribution >= 4 is 12.2 Å². The van der Waals surface area contributed by atoms with Gasteiger partial charge in [-0.15, -0.1) is 0 Å². The van der Waals surface area contributed by atoms with Crippen molar-refractivity contribution in [2.24, 2.45) is 0 Å². The van der Waals surface area contributed by atoms with Gasteiger partial charge in [0, 0.05) is 31.4 Å². The molecule has 0 radical (unpaired) electrons. The van der Waals surface area contributed by atoms with Crippen molar-refractivity contribution in [2.75, 3.05) is 13.7 Å². The summed E-state index contributed by atoms with van der Waals surface area (Å²) in [5, 5.41) is 0. The summed E-state index contributed by atoms with van der Waals surface area (Å²) in [6.45, 7) is 4.90. The third-order valence-electron chi connectivity index (χ3n) is 2.42. The number of hydrogen-bond donors (Lipinski definition) is 1. The van der Waals surface area contributed by atoms with Gasteiger partial charge < -0.3 is 9.72 Å². The van der Waals surface area contributed by atoms with E-state index in [0.717, 1.165) is 41.9 Å². The van der Waals surface area contributed by atoms with Gasteiger partial charge in [0.2, 0.25) is 0 Å². The first-order valence-electron chi connectivity index (χ1n) is 5.26. The zero-order valence-electron chi connectivity index (χ0n) is 9.59. The van der Waals surface area contributed by atoms with Crippen LogP contribution >= 0.6 is 12.2 Å². The van der Waals surface area contributed by atoms with Crippen molar-refractivity contribution in [3.8, 4) is 0 Å². The predicted molar refractivity (Wildman–Crippen MR) is 63.7 cm³/mol. The van der Waals surface area contributed by atoms with E-state index in [1.165, 1.54) is 5.69 Å². The molecule has 0 saturated heterocycles. The molecular formula is C11H18N2OS. The summed E-state index contributed by atoms with van der Waals surface area (Å²) in [5.74, 6) is 0.972. The maximum atomic E-state index is 5.21. The fraction of sp³-hybridized carbons (Fsp3) is 0.636. The van der Waals surface area contributed by atoms with Gasteiger partial charge in [0.15, 0.2) is 0 Å². The van der Waals surface area contributed by atoms with E-state index < -0.39 is 0 Å². The summed E-state index contributed by atoms with van der Waals surface area (Å²) >= 11 is 5.21. The maximum Gasteiger partial charge on any atom is 0.132 e. The number of rotatable bonds is 5. The highest BCUT2D eigenvalue weighted by Gasteiger charge is 2.02. The third-order valence-corrected chi connectivity index (χ3v) is 2.82. The first-order chi connectivity index (χ1) is 7.19. The zero-order chi connectivity index (χ0) is 11.3. The van der Waals surface area contributed by atoms with Crippen LogP contribution < -0.4 is 0 Å². The van der Waals surface area contributed by atoms with Gasteiger partial charge in [-0.25, -0.2) is 4.98 Å². The molecule has 0 aliphatic carbocycles. The molecule has 0 bridgehead atoms. The summed E-state index contributed by atoms with van der Waals surface area (Å²) < 4.78 is 5.73. The second-order valence-electron chi connectivity index (χ2n) is 3.54. The number of ether oxygens (including phenoxy) is 1. The van der Waals surface area contributed by atoms with Crippen LogP contribution in [-0.4, -0.2) is 23.7 Å². The lowest BCUT2D eigenvalue weighted by Gasteiger charge is -2.07. The first-order valence-corrected chi connectivity index (χ1v) is 5.67. The first kappa shape index (κ1) is 12.3. The minimum absolute atomic E-state index is 0.720. The molecule has 0 aliphatic rings. The van der Waals surface area contributed by atoms with Gasteiger partial charge in [-0.3, -0.25) is 0 Å². The molecule has 0 amide bonds. The van der Waals surface area contributed by atoms with Crippen LogP contribution in [0.5, 0.6) is 0 Å². The van der Waals surface area contributed by atoms with Crippen molar-refractivity contribution in [3.63, 3.8) is 0 Å². The second kappa shape index (κ2) is 5.98. The van der Waals surface area contributed by atoms with Gasteiger partial charge in [0.25, 0.3) is 0 Å². The molecule has 1 N–H and O–H groups in total. The smallest absolute Gasteiger partial charge is 0.132 e. The van der Waals surface area contributed by atoms with Gasteiger partial charge in [-0.1, -0.05) is 19.1 Å². The normalized spacial score (nSPS) is 10.6. The highest BCUT2D eigenvalue weighted by Crippen LogP contribution is 2.08. The highest BCUT2D eigenvalue weighted by molar-refractivity contribution is 7.71. The number of aromatic amines is 1. The van der Waals surface area contributed by atoms with Gasteiger partial charge in [0.1, 0.15) is 10.5 Å². The molecule has 0 spiro atoms. The average molecular weight is 226 g/mol. The Morgan fingerprint density at radius 2 is 2.20 bits per heavy atom.